The highest BCUT2D eigenvalue weighted by atomic mass is 16.5. The zero-order valence-corrected chi connectivity index (χ0v) is 21.2. The minimum absolute atomic E-state index is 0.0518. The number of methoxy groups -OCH3 is 1. The standard InChI is InChI=1S/C30H31NO5/c1-6-36-22-14-12-20(13-15-22)27-26(29(33)30(34)31(27)21-10-8-7-9-11-21)28(32)24-17-23(18(2)3)25(35-5)16-19(24)4/h7-18,27,32H,6H2,1-5H3/b28-26+. The largest absolute Gasteiger partial charge is 0.507 e. The molecular weight excluding hydrogens is 454 g/mol. The number of ketones is 1. The number of carbonyl (C=O) groups is 2. The van der Waals surface area contributed by atoms with Crippen molar-refractivity contribution in [1.82, 2.24) is 0 Å². The van der Waals surface area contributed by atoms with Crippen LogP contribution in [0.2, 0.25) is 0 Å². The molecule has 36 heavy (non-hydrogen) atoms. The van der Waals surface area contributed by atoms with Crippen LogP contribution in [0.25, 0.3) is 5.76 Å². The second-order valence-electron chi connectivity index (χ2n) is 9.07. The topological polar surface area (TPSA) is 76.1 Å². The van der Waals surface area contributed by atoms with E-state index in [0.717, 1.165) is 11.1 Å². The van der Waals surface area contributed by atoms with E-state index in [-0.39, 0.29) is 17.3 Å². The molecule has 0 bridgehead atoms. The van der Waals surface area contributed by atoms with E-state index in [2.05, 4.69) is 0 Å². The van der Waals surface area contributed by atoms with Crippen molar-refractivity contribution in [3.8, 4) is 11.5 Å². The van der Waals surface area contributed by atoms with Crippen molar-refractivity contribution >= 4 is 23.1 Å². The summed E-state index contributed by atoms with van der Waals surface area (Å²) < 4.78 is 11.1. The number of carbonyl (C=O) groups excluding carboxylic acids is 2. The monoisotopic (exact) mass is 485 g/mol. The Morgan fingerprint density at radius 1 is 1.03 bits per heavy atom. The van der Waals surface area contributed by atoms with Crippen molar-refractivity contribution in [1.29, 1.82) is 0 Å². The lowest BCUT2D eigenvalue weighted by molar-refractivity contribution is -0.132. The van der Waals surface area contributed by atoms with E-state index in [0.29, 0.717) is 34.9 Å². The summed E-state index contributed by atoms with van der Waals surface area (Å²) in [4.78, 5) is 28.3. The predicted octanol–water partition coefficient (Wildman–Crippen LogP) is 6.15. The van der Waals surface area contributed by atoms with Gasteiger partial charge in [-0.3, -0.25) is 14.5 Å². The van der Waals surface area contributed by atoms with Gasteiger partial charge in [0.05, 0.1) is 25.3 Å². The first-order valence-electron chi connectivity index (χ1n) is 12.1. The number of aliphatic hydroxyl groups excluding tert-OH is 1. The summed E-state index contributed by atoms with van der Waals surface area (Å²) >= 11 is 0. The Hall–Kier alpha value is -4.06. The van der Waals surface area contributed by atoms with Gasteiger partial charge in [0.2, 0.25) is 0 Å². The summed E-state index contributed by atoms with van der Waals surface area (Å²) in [6.07, 6.45) is 0. The third kappa shape index (κ3) is 4.47. The normalized spacial score (nSPS) is 17.1. The van der Waals surface area contributed by atoms with Gasteiger partial charge in [0.15, 0.2) is 0 Å². The molecule has 6 nitrogen and oxygen atoms in total. The van der Waals surface area contributed by atoms with E-state index in [1.165, 1.54) is 4.90 Å². The summed E-state index contributed by atoms with van der Waals surface area (Å²) in [5, 5.41) is 11.6. The summed E-state index contributed by atoms with van der Waals surface area (Å²) in [7, 11) is 1.61. The number of hydrogen-bond donors (Lipinski definition) is 1. The molecule has 3 aromatic carbocycles. The van der Waals surface area contributed by atoms with Crippen LogP contribution in [0.3, 0.4) is 0 Å². The molecule has 0 saturated carbocycles. The Balaban J connectivity index is 1.95. The number of rotatable bonds is 7. The molecule has 1 unspecified atom stereocenters. The van der Waals surface area contributed by atoms with Gasteiger partial charge in [0, 0.05) is 11.3 Å². The zero-order chi connectivity index (χ0) is 26.0. The summed E-state index contributed by atoms with van der Waals surface area (Å²) in [5.41, 5.74) is 3.47. The van der Waals surface area contributed by atoms with E-state index in [9.17, 15) is 14.7 Å². The van der Waals surface area contributed by atoms with Gasteiger partial charge in [-0.15, -0.1) is 0 Å². The molecule has 1 heterocycles. The Morgan fingerprint density at radius 3 is 2.28 bits per heavy atom. The minimum atomic E-state index is -0.799. The summed E-state index contributed by atoms with van der Waals surface area (Å²) in [5.74, 6) is -0.0840. The number of benzene rings is 3. The molecule has 4 rings (SSSR count). The number of anilines is 1. The van der Waals surface area contributed by atoms with Crippen LogP contribution < -0.4 is 14.4 Å². The van der Waals surface area contributed by atoms with E-state index < -0.39 is 17.7 Å². The molecule has 0 radical (unpaired) electrons. The Labute approximate surface area is 211 Å². The maximum atomic E-state index is 13.5. The molecule has 1 aliphatic rings. The van der Waals surface area contributed by atoms with Gasteiger partial charge in [-0.05, 0) is 72.9 Å². The fourth-order valence-corrected chi connectivity index (χ4v) is 4.64. The first-order valence-corrected chi connectivity index (χ1v) is 12.1. The number of hydrogen-bond acceptors (Lipinski definition) is 5. The van der Waals surface area contributed by atoms with Crippen molar-refractivity contribution < 1.29 is 24.2 Å². The minimum Gasteiger partial charge on any atom is -0.507 e. The van der Waals surface area contributed by atoms with Crippen LogP contribution in [0.15, 0.2) is 72.3 Å². The van der Waals surface area contributed by atoms with Crippen LogP contribution in [-0.4, -0.2) is 30.5 Å². The molecule has 0 spiro atoms. The quantitative estimate of drug-likeness (QED) is 0.247. The van der Waals surface area contributed by atoms with Gasteiger partial charge in [-0.1, -0.05) is 44.2 Å². The highest BCUT2D eigenvalue weighted by molar-refractivity contribution is 6.51. The second-order valence-corrected chi connectivity index (χ2v) is 9.07. The van der Waals surface area contributed by atoms with Gasteiger partial charge in [0.1, 0.15) is 17.3 Å². The SMILES string of the molecule is CCOc1ccc(C2/C(=C(\O)c3cc(C(C)C)c(OC)cc3C)C(=O)C(=O)N2c2ccccc2)cc1. The van der Waals surface area contributed by atoms with Gasteiger partial charge in [0.25, 0.3) is 11.7 Å². The van der Waals surface area contributed by atoms with Crippen LogP contribution in [0, 0.1) is 6.92 Å². The Morgan fingerprint density at radius 2 is 1.69 bits per heavy atom. The van der Waals surface area contributed by atoms with Crippen LogP contribution >= 0.6 is 0 Å². The smallest absolute Gasteiger partial charge is 0.300 e. The lowest BCUT2D eigenvalue weighted by Crippen LogP contribution is -2.29. The maximum Gasteiger partial charge on any atom is 0.300 e. The molecule has 1 atom stereocenters. The molecule has 1 amide bonds. The van der Waals surface area contributed by atoms with Crippen LogP contribution in [-0.2, 0) is 9.59 Å². The average Bonchev–Trinajstić information content (AvgIpc) is 3.14. The molecule has 0 aliphatic carbocycles. The highest BCUT2D eigenvalue weighted by Crippen LogP contribution is 2.43. The van der Waals surface area contributed by atoms with E-state index in [1.807, 2.05) is 70.2 Å². The lowest BCUT2D eigenvalue weighted by Gasteiger charge is -2.26. The van der Waals surface area contributed by atoms with Crippen molar-refractivity contribution in [2.75, 3.05) is 18.6 Å². The fourth-order valence-electron chi connectivity index (χ4n) is 4.64. The Kier molecular flexibility index (Phi) is 7.15. The predicted molar refractivity (Wildman–Crippen MR) is 141 cm³/mol. The molecule has 3 aromatic rings. The number of Topliss-reactive ketones (excluding diaryl/α,β-unsaturated/α-hetero) is 1. The number of ether oxygens (including phenoxy) is 2. The summed E-state index contributed by atoms with van der Waals surface area (Å²) in [6, 6.07) is 19.2. The molecule has 1 fully saturated rings. The fraction of sp³-hybridized carbons (Fsp3) is 0.267. The molecule has 1 saturated heterocycles. The number of aryl methyl sites for hydroxylation is 1. The number of aliphatic hydroxyl groups is 1. The summed E-state index contributed by atoms with van der Waals surface area (Å²) in [6.45, 7) is 8.34. The zero-order valence-electron chi connectivity index (χ0n) is 21.2. The van der Waals surface area contributed by atoms with Gasteiger partial charge >= 0.3 is 0 Å². The van der Waals surface area contributed by atoms with Crippen molar-refractivity contribution in [3.63, 3.8) is 0 Å². The number of para-hydroxylation sites is 1. The molecule has 6 heteroatoms. The van der Waals surface area contributed by atoms with Crippen LogP contribution in [0.1, 0.15) is 55.0 Å². The van der Waals surface area contributed by atoms with Crippen molar-refractivity contribution in [3.05, 3.63) is 94.6 Å². The third-order valence-corrected chi connectivity index (χ3v) is 6.44. The van der Waals surface area contributed by atoms with Crippen LogP contribution in [0.5, 0.6) is 11.5 Å². The Bertz CT molecular complexity index is 1310. The third-order valence-electron chi connectivity index (χ3n) is 6.44. The van der Waals surface area contributed by atoms with Crippen LogP contribution in [0.4, 0.5) is 5.69 Å². The van der Waals surface area contributed by atoms with Gasteiger partial charge in [-0.2, -0.15) is 0 Å². The van der Waals surface area contributed by atoms with Crippen molar-refractivity contribution in [2.24, 2.45) is 0 Å². The second kappa shape index (κ2) is 10.3. The lowest BCUT2D eigenvalue weighted by atomic mass is 9.91. The van der Waals surface area contributed by atoms with Gasteiger partial charge in [-0.25, -0.2) is 0 Å². The molecule has 1 N–H and O–H groups in total. The van der Waals surface area contributed by atoms with E-state index in [4.69, 9.17) is 9.47 Å². The molecule has 186 valence electrons. The first-order chi connectivity index (χ1) is 17.3. The number of amides is 1. The highest BCUT2D eigenvalue weighted by Gasteiger charge is 2.47. The molecule has 1 aliphatic heterocycles. The van der Waals surface area contributed by atoms with Gasteiger partial charge < -0.3 is 14.6 Å². The number of nitrogens with zero attached hydrogens (tertiary/aromatic N) is 1. The molecule has 0 aromatic heterocycles. The van der Waals surface area contributed by atoms with E-state index in [1.54, 1.807) is 31.4 Å². The first kappa shape index (κ1) is 25.0. The van der Waals surface area contributed by atoms with E-state index >= 15 is 0 Å². The average molecular weight is 486 g/mol. The maximum absolute atomic E-state index is 13.5. The van der Waals surface area contributed by atoms with Crippen molar-refractivity contribution in [2.45, 2.75) is 39.7 Å². The molecular formula is C30H31NO5.